The number of H-pyrrole nitrogens is 1. The Kier molecular flexibility index (Phi) is 3.50. The lowest BCUT2D eigenvalue weighted by atomic mass is 10.4. The van der Waals surface area contributed by atoms with Gasteiger partial charge < -0.3 is 0 Å². The summed E-state index contributed by atoms with van der Waals surface area (Å²) in [7, 11) is 0. The van der Waals surface area contributed by atoms with Crippen molar-refractivity contribution in [3.05, 3.63) is 42.7 Å². The lowest BCUT2D eigenvalue weighted by Gasteiger charge is -1.82. The average molecular weight is 162 g/mol. The molecule has 2 rings (SSSR count). The molecule has 0 aliphatic heterocycles. The molecule has 0 atom stereocenters. The van der Waals surface area contributed by atoms with Crippen molar-refractivity contribution in [1.82, 2.24) is 20.2 Å². The molecule has 4 nitrogen and oxygen atoms in total. The van der Waals surface area contributed by atoms with Gasteiger partial charge in [0.15, 0.2) is 0 Å². The molecule has 0 fully saturated rings. The molecular formula is C8H10N4. The van der Waals surface area contributed by atoms with Crippen molar-refractivity contribution in [2.45, 2.75) is 6.92 Å². The van der Waals surface area contributed by atoms with E-state index in [1.54, 1.807) is 6.20 Å². The second-order valence-corrected chi connectivity index (χ2v) is 2.12. The Hall–Kier alpha value is -1.71. The lowest BCUT2D eigenvalue weighted by Crippen LogP contribution is -1.72. The fraction of sp³-hybridized carbons (Fsp3) is 0.125. The van der Waals surface area contributed by atoms with Crippen molar-refractivity contribution in [1.29, 1.82) is 0 Å². The average Bonchev–Trinajstić information content (AvgIpc) is 2.62. The fourth-order valence-corrected chi connectivity index (χ4v) is 0.615. The van der Waals surface area contributed by atoms with Crippen LogP contribution in [0.5, 0.6) is 0 Å². The first-order valence-corrected chi connectivity index (χ1v) is 3.56. The van der Waals surface area contributed by atoms with Gasteiger partial charge in [-0.05, 0) is 19.1 Å². The van der Waals surface area contributed by atoms with E-state index < -0.39 is 0 Å². The van der Waals surface area contributed by atoms with Crippen LogP contribution in [-0.4, -0.2) is 20.2 Å². The minimum absolute atomic E-state index is 1.07. The maximum atomic E-state index is 3.98. The first-order valence-electron chi connectivity index (χ1n) is 3.56. The van der Waals surface area contributed by atoms with Crippen LogP contribution >= 0.6 is 0 Å². The van der Waals surface area contributed by atoms with Gasteiger partial charge in [0.05, 0.1) is 0 Å². The molecule has 0 saturated carbocycles. The molecule has 12 heavy (non-hydrogen) atoms. The summed E-state index contributed by atoms with van der Waals surface area (Å²) in [6, 6.07) is 5.86. The van der Waals surface area contributed by atoms with E-state index in [-0.39, 0.29) is 0 Å². The zero-order valence-electron chi connectivity index (χ0n) is 6.81. The predicted octanol–water partition coefficient (Wildman–Crippen LogP) is 1.19. The van der Waals surface area contributed by atoms with E-state index in [1.165, 1.54) is 12.7 Å². The van der Waals surface area contributed by atoms with Gasteiger partial charge in [-0.25, -0.2) is 4.98 Å². The fourth-order valence-electron chi connectivity index (χ4n) is 0.615. The van der Waals surface area contributed by atoms with E-state index in [0.717, 1.165) is 5.69 Å². The molecule has 0 aromatic carbocycles. The summed E-state index contributed by atoms with van der Waals surface area (Å²) in [6.45, 7) is 1.97. The molecule has 2 heterocycles. The molecule has 2 aromatic rings. The number of pyridine rings is 1. The topological polar surface area (TPSA) is 54.5 Å². The Balaban J connectivity index is 0.000000127. The van der Waals surface area contributed by atoms with Crippen LogP contribution in [0, 0.1) is 6.92 Å². The minimum atomic E-state index is 1.07. The number of aromatic amines is 1. The van der Waals surface area contributed by atoms with Crippen molar-refractivity contribution in [3.8, 4) is 0 Å². The molecule has 0 aliphatic carbocycles. The van der Waals surface area contributed by atoms with Crippen molar-refractivity contribution < 1.29 is 0 Å². The Morgan fingerprint density at radius 2 is 2.25 bits per heavy atom. The second-order valence-electron chi connectivity index (χ2n) is 2.12. The van der Waals surface area contributed by atoms with Crippen LogP contribution in [0.4, 0.5) is 0 Å². The molecule has 0 spiro atoms. The Bertz CT molecular complexity index is 260. The third-order valence-electron chi connectivity index (χ3n) is 1.14. The van der Waals surface area contributed by atoms with E-state index in [4.69, 9.17) is 0 Å². The van der Waals surface area contributed by atoms with Crippen molar-refractivity contribution in [3.63, 3.8) is 0 Å². The zero-order chi connectivity index (χ0) is 8.65. The monoisotopic (exact) mass is 162 g/mol. The third kappa shape index (κ3) is 3.46. The number of hydrogen-bond donors (Lipinski definition) is 1. The summed E-state index contributed by atoms with van der Waals surface area (Å²) in [4.78, 5) is 7.53. The van der Waals surface area contributed by atoms with E-state index in [9.17, 15) is 0 Å². The predicted molar refractivity (Wildman–Crippen MR) is 45.4 cm³/mol. The highest BCUT2D eigenvalue weighted by molar-refractivity contribution is 4.99. The van der Waals surface area contributed by atoms with E-state index in [2.05, 4.69) is 20.2 Å². The zero-order valence-corrected chi connectivity index (χ0v) is 6.81. The van der Waals surface area contributed by atoms with E-state index in [1.807, 2.05) is 25.1 Å². The van der Waals surface area contributed by atoms with Gasteiger partial charge in [0, 0.05) is 11.9 Å². The van der Waals surface area contributed by atoms with Crippen molar-refractivity contribution in [2.24, 2.45) is 0 Å². The van der Waals surface area contributed by atoms with Crippen LogP contribution in [0.25, 0.3) is 0 Å². The third-order valence-corrected chi connectivity index (χ3v) is 1.14. The van der Waals surface area contributed by atoms with Crippen LogP contribution < -0.4 is 0 Å². The largest absolute Gasteiger partial charge is 0.266 e. The molecule has 0 radical (unpaired) electrons. The van der Waals surface area contributed by atoms with Gasteiger partial charge in [0.25, 0.3) is 0 Å². The van der Waals surface area contributed by atoms with Crippen molar-refractivity contribution >= 4 is 0 Å². The van der Waals surface area contributed by atoms with Gasteiger partial charge in [0.2, 0.25) is 0 Å². The highest BCUT2D eigenvalue weighted by Crippen LogP contribution is 1.85. The normalized spacial score (nSPS) is 8.42. The summed E-state index contributed by atoms with van der Waals surface area (Å²) < 4.78 is 0. The van der Waals surface area contributed by atoms with Crippen LogP contribution in [0.1, 0.15) is 5.69 Å². The van der Waals surface area contributed by atoms with Gasteiger partial charge in [-0.15, -0.1) is 0 Å². The maximum Gasteiger partial charge on any atom is 0.137 e. The molecule has 0 amide bonds. The summed E-state index contributed by atoms with van der Waals surface area (Å²) in [5.41, 5.74) is 1.07. The maximum absolute atomic E-state index is 3.98. The van der Waals surface area contributed by atoms with Gasteiger partial charge in [-0.3, -0.25) is 10.1 Å². The van der Waals surface area contributed by atoms with E-state index >= 15 is 0 Å². The molecule has 62 valence electrons. The Morgan fingerprint density at radius 1 is 1.33 bits per heavy atom. The van der Waals surface area contributed by atoms with Crippen LogP contribution in [0.2, 0.25) is 0 Å². The van der Waals surface area contributed by atoms with Gasteiger partial charge in [-0.2, -0.15) is 5.10 Å². The molecule has 0 aliphatic rings. The number of aryl methyl sites for hydroxylation is 1. The number of rotatable bonds is 0. The van der Waals surface area contributed by atoms with Gasteiger partial charge >= 0.3 is 0 Å². The van der Waals surface area contributed by atoms with Gasteiger partial charge in [-0.1, -0.05) is 6.07 Å². The molecule has 2 aromatic heterocycles. The standard InChI is InChI=1S/C6H7N.C2H3N3/c1-6-4-2-3-5-7-6;1-3-2-5-4-1/h2-5H,1H3;1-2H,(H,3,4,5). The second kappa shape index (κ2) is 5.01. The molecule has 0 unspecified atom stereocenters. The molecule has 1 N–H and O–H groups in total. The first kappa shape index (κ1) is 8.39. The van der Waals surface area contributed by atoms with Crippen molar-refractivity contribution in [2.75, 3.05) is 0 Å². The Labute approximate surface area is 70.7 Å². The van der Waals surface area contributed by atoms with Crippen LogP contribution in [0.3, 0.4) is 0 Å². The minimum Gasteiger partial charge on any atom is -0.266 e. The quantitative estimate of drug-likeness (QED) is 0.633. The summed E-state index contributed by atoms with van der Waals surface area (Å²) in [6.07, 6.45) is 4.75. The summed E-state index contributed by atoms with van der Waals surface area (Å²) in [5.74, 6) is 0. The lowest BCUT2D eigenvalue weighted by molar-refractivity contribution is 1.09. The molecule has 0 bridgehead atoms. The Morgan fingerprint density at radius 3 is 2.50 bits per heavy atom. The molecule has 4 heteroatoms. The first-order chi connectivity index (χ1) is 5.89. The van der Waals surface area contributed by atoms with Crippen LogP contribution in [0.15, 0.2) is 37.1 Å². The number of hydrogen-bond acceptors (Lipinski definition) is 3. The summed E-state index contributed by atoms with van der Waals surface area (Å²) >= 11 is 0. The molecule has 0 saturated heterocycles. The van der Waals surface area contributed by atoms with Crippen LogP contribution in [-0.2, 0) is 0 Å². The number of nitrogens with zero attached hydrogens (tertiary/aromatic N) is 3. The highest BCUT2D eigenvalue weighted by Gasteiger charge is 1.73. The number of nitrogens with one attached hydrogen (secondary N) is 1. The smallest absolute Gasteiger partial charge is 0.137 e. The number of aromatic nitrogens is 4. The summed E-state index contributed by atoms with van der Waals surface area (Å²) in [5, 5.41) is 5.99. The highest BCUT2D eigenvalue weighted by atomic mass is 15.2. The van der Waals surface area contributed by atoms with Gasteiger partial charge in [0.1, 0.15) is 12.7 Å². The van der Waals surface area contributed by atoms with E-state index in [0.29, 0.717) is 0 Å². The SMILES string of the molecule is Cc1ccccn1.c1nc[nH]n1. The molecular weight excluding hydrogens is 152 g/mol.